The minimum Gasteiger partial charge on any atom is -0.473 e. The fourth-order valence-electron chi connectivity index (χ4n) is 4.23. The molecule has 0 spiro atoms. The zero-order valence-electron chi connectivity index (χ0n) is 17.7. The zero-order chi connectivity index (χ0) is 22.2. The Bertz CT molecular complexity index is 1320. The van der Waals surface area contributed by atoms with Crippen molar-refractivity contribution in [3.8, 4) is 28.6 Å². The Labute approximate surface area is 189 Å². The van der Waals surface area contributed by atoms with Crippen LogP contribution in [0.5, 0.6) is 17.4 Å². The van der Waals surface area contributed by atoms with Crippen molar-refractivity contribution in [3.05, 3.63) is 60.4 Å². The van der Waals surface area contributed by atoms with Gasteiger partial charge in [-0.3, -0.25) is 9.89 Å². The molecule has 1 N–H and O–H groups in total. The Balaban J connectivity index is 1.10. The van der Waals surface area contributed by atoms with Crippen LogP contribution in [0.15, 0.2) is 54.7 Å². The number of amides is 1. The second-order valence-corrected chi connectivity index (χ2v) is 8.08. The SMILES string of the molecule is O=C(c1cc(-c2ccc3c(c2)OCO3)n[nH]1)N1CCC(Oc2nncc3ccccc23)CC1. The van der Waals surface area contributed by atoms with Crippen LogP contribution < -0.4 is 14.2 Å². The topological polar surface area (TPSA) is 102 Å². The summed E-state index contributed by atoms with van der Waals surface area (Å²) in [5.74, 6) is 1.86. The van der Waals surface area contributed by atoms with E-state index in [0.29, 0.717) is 41.9 Å². The number of carbonyl (C=O) groups is 1. The monoisotopic (exact) mass is 443 g/mol. The number of hydrogen-bond acceptors (Lipinski definition) is 7. The number of benzene rings is 2. The Morgan fingerprint density at radius 3 is 2.82 bits per heavy atom. The highest BCUT2D eigenvalue weighted by Gasteiger charge is 2.27. The van der Waals surface area contributed by atoms with Gasteiger partial charge in [0, 0.05) is 42.3 Å². The van der Waals surface area contributed by atoms with Crippen LogP contribution in [0.4, 0.5) is 0 Å². The van der Waals surface area contributed by atoms with Gasteiger partial charge in [-0.2, -0.15) is 10.2 Å². The normalized spacial score (nSPS) is 15.7. The van der Waals surface area contributed by atoms with Crippen LogP contribution in [0.2, 0.25) is 0 Å². The van der Waals surface area contributed by atoms with E-state index in [9.17, 15) is 4.79 Å². The van der Waals surface area contributed by atoms with Crippen molar-refractivity contribution in [1.29, 1.82) is 0 Å². The van der Waals surface area contributed by atoms with Crippen molar-refractivity contribution in [2.45, 2.75) is 18.9 Å². The molecule has 1 amide bonds. The first kappa shape index (κ1) is 19.5. The smallest absolute Gasteiger partial charge is 0.271 e. The molecule has 9 nitrogen and oxygen atoms in total. The third kappa shape index (κ3) is 3.71. The molecule has 33 heavy (non-hydrogen) atoms. The number of fused-ring (bicyclic) bond motifs is 2. The Morgan fingerprint density at radius 2 is 1.91 bits per heavy atom. The van der Waals surface area contributed by atoms with Gasteiger partial charge in [0.25, 0.3) is 5.91 Å². The molecule has 2 aliphatic heterocycles. The minimum atomic E-state index is -0.0714. The molecule has 4 heterocycles. The average Bonchev–Trinajstić information content (AvgIpc) is 3.54. The Kier molecular flexibility index (Phi) is 4.79. The van der Waals surface area contributed by atoms with Gasteiger partial charge in [-0.15, -0.1) is 5.10 Å². The molecule has 1 fully saturated rings. The highest BCUT2D eigenvalue weighted by atomic mass is 16.7. The second kappa shape index (κ2) is 8.09. The second-order valence-electron chi connectivity index (χ2n) is 8.08. The lowest BCUT2D eigenvalue weighted by Crippen LogP contribution is -2.42. The van der Waals surface area contributed by atoms with E-state index in [2.05, 4.69) is 20.4 Å². The minimum absolute atomic E-state index is 0.0138. The number of nitrogens with zero attached hydrogens (tertiary/aromatic N) is 4. The summed E-state index contributed by atoms with van der Waals surface area (Å²) in [4.78, 5) is 14.8. The summed E-state index contributed by atoms with van der Waals surface area (Å²) in [7, 11) is 0. The summed E-state index contributed by atoms with van der Waals surface area (Å²) >= 11 is 0. The van der Waals surface area contributed by atoms with Gasteiger partial charge in [0.2, 0.25) is 12.7 Å². The number of ether oxygens (including phenoxy) is 3. The van der Waals surface area contributed by atoms with Gasteiger partial charge < -0.3 is 19.1 Å². The number of aromatic nitrogens is 4. The maximum absolute atomic E-state index is 13.0. The summed E-state index contributed by atoms with van der Waals surface area (Å²) in [5.41, 5.74) is 2.00. The van der Waals surface area contributed by atoms with E-state index in [4.69, 9.17) is 14.2 Å². The summed E-state index contributed by atoms with van der Waals surface area (Å²) < 4.78 is 16.9. The molecule has 0 saturated carbocycles. The molecule has 166 valence electrons. The summed E-state index contributed by atoms with van der Waals surface area (Å²) in [6, 6.07) is 15.3. The molecular formula is C24H21N5O4. The number of piperidine rings is 1. The molecule has 0 aliphatic carbocycles. The number of hydrogen-bond donors (Lipinski definition) is 1. The molecule has 0 bridgehead atoms. The highest BCUT2D eigenvalue weighted by molar-refractivity contribution is 5.93. The summed E-state index contributed by atoms with van der Waals surface area (Å²) in [6.07, 6.45) is 3.16. The van der Waals surface area contributed by atoms with Crippen LogP contribution in [0, 0.1) is 0 Å². The first-order valence-corrected chi connectivity index (χ1v) is 10.9. The van der Waals surface area contributed by atoms with E-state index in [-0.39, 0.29) is 18.8 Å². The summed E-state index contributed by atoms with van der Waals surface area (Å²) in [5, 5.41) is 17.3. The first-order valence-electron chi connectivity index (χ1n) is 10.9. The van der Waals surface area contributed by atoms with Crippen molar-refractivity contribution in [2.75, 3.05) is 19.9 Å². The van der Waals surface area contributed by atoms with Gasteiger partial charge in [0.05, 0.1) is 11.9 Å². The first-order chi connectivity index (χ1) is 16.2. The largest absolute Gasteiger partial charge is 0.473 e. The standard InChI is InChI=1S/C24H21N5O4/c30-24(20-12-19(26-27-20)15-5-6-21-22(11-15)32-14-31-21)29-9-7-17(8-10-29)33-23-18-4-2-1-3-16(18)13-25-28-23/h1-6,11-13,17H,7-10,14H2,(H,26,27). The molecule has 1 saturated heterocycles. The van der Waals surface area contributed by atoms with Gasteiger partial charge in [-0.25, -0.2) is 0 Å². The third-order valence-electron chi connectivity index (χ3n) is 6.02. The lowest BCUT2D eigenvalue weighted by Gasteiger charge is -2.31. The van der Waals surface area contributed by atoms with Crippen molar-refractivity contribution in [3.63, 3.8) is 0 Å². The lowest BCUT2D eigenvalue weighted by atomic mass is 10.1. The number of rotatable bonds is 4. The fraction of sp³-hybridized carbons (Fsp3) is 0.250. The summed E-state index contributed by atoms with van der Waals surface area (Å²) in [6.45, 7) is 1.41. The van der Waals surface area contributed by atoms with Crippen molar-refractivity contribution >= 4 is 16.7 Å². The predicted molar refractivity (Wildman–Crippen MR) is 119 cm³/mol. The van der Waals surface area contributed by atoms with Crippen molar-refractivity contribution in [1.82, 2.24) is 25.3 Å². The molecule has 6 rings (SSSR count). The molecule has 9 heteroatoms. The number of carbonyl (C=O) groups excluding carboxylic acids is 1. The van der Waals surface area contributed by atoms with Crippen LogP contribution in [0.3, 0.4) is 0 Å². The van der Waals surface area contributed by atoms with Gasteiger partial charge in [-0.1, -0.05) is 18.2 Å². The maximum Gasteiger partial charge on any atom is 0.271 e. The van der Waals surface area contributed by atoms with E-state index >= 15 is 0 Å². The van der Waals surface area contributed by atoms with Crippen molar-refractivity contribution < 1.29 is 19.0 Å². The number of nitrogens with one attached hydrogen (secondary N) is 1. The zero-order valence-corrected chi connectivity index (χ0v) is 17.7. The van der Waals surface area contributed by atoms with Gasteiger partial charge in [0.15, 0.2) is 11.5 Å². The molecule has 4 aromatic rings. The number of aromatic amines is 1. The molecule has 0 atom stereocenters. The van der Waals surface area contributed by atoms with Crippen LogP contribution in [0.25, 0.3) is 22.0 Å². The van der Waals surface area contributed by atoms with Crippen LogP contribution in [-0.2, 0) is 0 Å². The lowest BCUT2D eigenvalue weighted by molar-refractivity contribution is 0.0583. The maximum atomic E-state index is 13.0. The Morgan fingerprint density at radius 1 is 1.06 bits per heavy atom. The van der Waals surface area contributed by atoms with Gasteiger partial charge >= 0.3 is 0 Å². The van der Waals surface area contributed by atoms with E-state index in [1.807, 2.05) is 47.4 Å². The highest BCUT2D eigenvalue weighted by Crippen LogP contribution is 2.35. The molecule has 2 aromatic carbocycles. The van der Waals surface area contributed by atoms with Crippen LogP contribution in [0.1, 0.15) is 23.3 Å². The van der Waals surface area contributed by atoms with Crippen LogP contribution >= 0.6 is 0 Å². The molecular weight excluding hydrogens is 422 g/mol. The molecule has 2 aromatic heterocycles. The molecule has 0 unspecified atom stereocenters. The molecule has 0 radical (unpaired) electrons. The van der Waals surface area contributed by atoms with E-state index in [0.717, 1.165) is 29.2 Å². The van der Waals surface area contributed by atoms with E-state index < -0.39 is 0 Å². The predicted octanol–water partition coefficient (Wildman–Crippen LogP) is 3.43. The van der Waals surface area contributed by atoms with Gasteiger partial charge in [0.1, 0.15) is 11.8 Å². The number of H-pyrrole nitrogens is 1. The van der Waals surface area contributed by atoms with Gasteiger partial charge in [-0.05, 0) is 30.3 Å². The number of likely N-dealkylation sites (tertiary alicyclic amines) is 1. The van der Waals surface area contributed by atoms with E-state index in [1.165, 1.54) is 0 Å². The van der Waals surface area contributed by atoms with Crippen molar-refractivity contribution in [2.24, 2.45) is 0 Å². The third-order valence-corrected chi connectivity index (χ3v) is 6.02. The van der Waals surface area contributed by atoms with E-state index in [1.54, 1.807) is 12.3 Å². The Hall–Kier alpha value is -4.14. The fourth-order valence-corrected chi connectivity index (χ4v) is 4.23. The molecule has 2 aliphatic rings. The quantitative estimate of drug-likeness (QED) is 0.515. The van der Waals surface area contributed by atoms with Crippen LogP contribution in [-0.4, -0.2) is 57.2 Å². The average molecular weight is 443 g/mol.